The van der Waals surface area contributed by atoms with Crippen molar-refractivity contribution in [1.29, 1.82) is 0 Å². The van der Waals surface area contributed by atoms with Gasteiger partial charge in [0.25, 0.3) is 0 Å². The van der Waals surface area contributed by atoms with E-state index in [-0.39, 0.29) is 5.56 Å². The van der Waals surface area contributed by atoms with Gasteiger partial charge in [0.05, 0.1) is 5.56 Å². The molecule has 96 valence electrons. The van der Waals surface area contributed by atoms with Gasteiger partial charge < -0.3 is 5.11 Å². The minimum Gasteiger partial charge on any atom is -0.478 e. The van der Waals surface area contributed by atoms with Crippen molar-refractivity contribution < 1.29 is 9.90 Å². The average molecular weight is 253 g/mol. The molecule has 0 fully saturated rings. The molecule has 0 aliphatic heterocycles. The van der Waals surface area contributed by atoms with Gasteiger partial charge in [0, 0.05) is 12.4 Å². The number of aromatic nitrogens is 1. The van der Waals surface area contributed by atoms with Crippen molar-refractivity contribution in [2.45, 2.75) is 25.7 Å². The first-order chi connectivity index (χ1) is 9.25. The highest BCUT2D eigenvalue weighted by Gasteiger charge is 2.14. The topological polar surface area (TPSA) is 50.2 Å². The normalized spacial score (nSPS) is 13.9. The summed E-state index contributed by atoms with van der Waals surface area (Å²) in [5.74, 6) is -0.930. The van der Waals surface area contributed by atoms with Crippen LogP contribution in [-0.4, -0.2) is 16.1 Å². The summed E-state index contributed by atoms with van der Waals surface area (Å²) in [5.41, 5.74) is 4.74. The monoisotopic (exact) mass is 253 g/mol. The number of carboxylic acid groups (broad SMARTS) is 1. The van der Waals surface area contributed by atoms with Gasteiger partial charge in [-0.05, 0) is 54.0 Å². The summed E-state index contributed by atoms with van der Waals surface area (Å²) in [6.45, 7) is 0. The fraction of sp³-hybridized carbons (Fsp3) is 0.250. The molecule has 3 heteroatoms. The molecule has 0 bridgehead atoms. The molecule has 0 saturated heterocycles. The van der Waals surface area contributed by atoms with Crippen molar-refractivity contribution in [3.05, 3.63) is 53.3 Å². The highest BCUT2D eigenvalue weighted by molar-refractivity contribution is 5.95. The number of aryl methyl sites for hydroxylation is 2. The van der Waals surface area contributed by atoms with Crippen LogP contribution in [0.25, 0.3) is 11.1 Å². The molecule has 1 heterocycles. The highest BCUT2D eigenvalue weighted by atomic mass is 16.4. The summed E-state index contributed by atoms with van der Waals surface area (Å²) < 4.78 is 0. The number of nitrogens with zero attached hydrogens (tertiary/aromatic N) is 1. The molecule has 0 saturated carbocycles. The Labute approximate surface area is 111 Å². The Hall–Kier alpha value is -2.16. The Morgan fingerprint density at radius 1 is 1.11 bits per heavy atom. The molecular weight excluding hydrogens is 238 g/mol. The number of carboxylic acids is 1. The van der Waals surface area contributed by atoms with Crippen LogP contribution in [-0.2, 0) is 12.8 Å². The second kappa shape index (κ2) is 4.84. The van der Waals surface area contributed by atoms with E-state index in [0.717, 1.165) is 24.0 Å². The maximum Gasteiger partial charge on any atom is 0.337 e. The molecular formula is C16H15NO2. The molecule has 0 radical (unpaired) electrons. The lowest BCUT2D eigenvalue weighted by molar-refractivity contribution is 0.0697. The van der Waals surface area contributed by atoms with E-state index in [4.69, 9.17) is 0 Å². The molecule has 1 aromatic heterocycles. The summed E-state index contributed by atoms with van der Waals surface area (Å²) in [4.78, 5) is 15.1. The smallest absolute Gasteiger partial charge is 0.337 e. The van der Waals surface area contributed by atoms with Crippen LogP contribution >= 0.6 is 0 Å². The maximum absolute atomic E-state index is 11.2. The summed E-state index contributed by atoms with van der Waals surface area (Å²) >= 11 is 0. The molecule has 0 spiro atoms. The van der Waals surface area contributed by atoms with Crippen molar-refractivity contribution in [2.75, 3.05) is 0 Å². The second-order valence-electron chi connectivity index (χ2n) is 4.92. The molecule has 0 amide bonds. The van der Waals surface area contributed by atoms with Crippen molar-refractivity contribution >= 4 is 5.97 Å². The lowest BCUT2D eigenvalue weighted by Gasteiger charge is -2.17. The van der Waals surface area contributed by atoms with Crippen molar-refractivity contribution in [3.63, 3.8) is 0 Å². The summed E-state index contributed by atoms with van der Waals surface area (Å²) in [7, 11) is 0. The van der Waals surface area contributed by atoms with Gasteiger partial charge in [-0.1, -0.05) is 18.2 Å². The summed E-state index contributed by atoms with van der Waals surface area (Å²) in [5, 5.41) is 9.23. The van der Waals surface area contributed by atoms with Gasteiger partial charge in [0.2, 0.25) is 0 Å². The molecule has 3 nitrogen and oxygen atoms in total. The van der Waals surface area contributed by atoms with Gasteiger partial charge in [0.1, 0.15) is 0 Å². The van der Waals surface area contributed by atoms with Crippen LogP contribution in [0.1, 0.15) is 34.3 Å². The Balaban J connectivity index is 2.10. The van der Waals surface area contributed by atoms with Crippen molar-refractivity contribution in [3.8, 4) is 11.1 Å². The number of pyridine rings is 1. The molecule has 0 atom stereocenters. The van der Waals surface area contributed by atoms with Crippen molar-refractivity contribution in [1.82, 2.24) is 4.98 Å². The van der Waals surface area contributed by atoms with Crippen LogP contribution < -0.4 is 0 Å². The lowest BCUT2D eigenvalue weighted by atomic mass is 9.88. The third kappa shape index (κ3) is 2.24. The van der Waals surface area contributed by atoms with Gasteiger partial charge in [-0.15, -0.1) is 0 Å². The zero-order valence-corrected chi connectivity index (χ0v) is 10.6. The largest absolute Gasteiger partial charge is 0.478 e. The highest BCUT2D eigenvalue weighted by Crippen LogP contribution is 2.29. The third-order valence-electron chi connectivity index (χ3n) is 3.71. The van der Waals surface area contributed by atoms with Gasteiger partial charge >= 0.3 is 5.97 Å². The Kier molecular flexibility index (Phi) is 3.03. The van der Waals surface area contributed by atoms with Crippen LogP contribution in [0.5, 0.6) is 0 Å². The number of rotatable bonds is 2. The summed E-state index contributed by atoms with van der Waals surface area (Å²) in [6.07, 6.45) is 7.76. The molecule has 3 rings (SSSR count). The molecule has 2 aromatic rings. The predicted molar refractivity (Wildman–Crippen MR) is 73.3 cm³/mol. The van der Waals surface area contributed by atoms with E-state index in [0.29, 0.717) is 0 Å². The maximum atomic E-state index is 11.2. The van der Waals surface area contributed by atoms with Crippen molar-refractivity contribution in [2.24, 2.45) is 0 Å². The molecule has 1 aromatic carbocycles. The van der Waals surface area contributed by atoms with E-state index in [2.05, 4.69) is 17.1 Å². The Bertz CT molecular complexity index is 634. The number of fused-ring (bicyclic) bond motifs is 1. The predicted octanol–water partition coefficient (Wildman–Crippen LogP) is 3.33. The van der Waals surface area contributed by atoms with E-state index >= 15 is 0 Å². The van der Waals surface area contributed by atoms with Gasteiger partial charge in [-0.3, -0.25) is 4.98 Å². The van der Waals surface area contributed by atoms with E-state index in [1.54, 1.807) is 12.3 Å². The Morgan fingerprint density at radius 3 is 2.68 bits per heavy atom. The average Bonchev–Trinajstić information content (AvgIpc) is 2.46. The number of hydrogen-bond donors (Lipinski definition) is 1. The molecule has 0 unspecified atom stereocenters. The number of benzene rings is 1. The molecule has 1 aliphatic rings. The standard InChI is InChI=1S/C16H15NO2/c18-16(19)15-10-17-8-7-14(15)13-6-5-11-3-1-2-4-12(11)9-13/h5-10H,1-4H2,(H,18,19). The molecule has 1 aliphatic carbocycles. The van der Waals surface area contributed by atoms with E-state index in [1.165, 1.54) is 30.2 Å². The first-order valence-corrected chi connectivity index (χ1v) is 6.55. The van der Waals surface area contributed by atoms with Gasteiger partial charge in [0.15, 0.2) is 0 Å². The molecule has 19 heavy (non-hydrogen) atoms. The van der Waals surface area contributed by atoms with Crippen LogP contribution in [0.15, 0.2) is 36.7 Å². The number of aromatic carboxylic acids is 1. The second-order valence-corrected chi connectivity index (χ2v) is 4.92. The van der Waals surface area contributed by atoms with Gasteiger partial charge in [-0.2, -0.15) is 0 Å². The summed E-state index contributed by atoms with van der Waals surface area (Å²) in [6, 6.07) is 8.06. The van der Waals surface area contributed by atoms with Crippen LogP contribution in [0.2, 0.25) is 0 Å². The zero-order chi connectivity index (χ0) is 13.2. The molecule has 1 N–H and O–H groups in total. The van der Waals surface area contributed by atoms with Gasteiger partial charge in [-0.25, -0.2) is 4.79 Å². The quantitative estimate of drug-likeness (QED) is 0.893. The van der Waals surface area contributed by atoms with Crippen LogP contribution in [0, 0.1) is 0 Å². The fourth-order valence-electron chi connectivity index (χ4n) is 2.72. The first-order valence-electron chi connectivity index (χ1n) is 6.55. The lowest BCUT2D eigenvalue weighted by Crippen LogP contribution is -2.04. The van der Waals surface area contributed by atoms with Crippen LogP contribution in [0.4, 0.5) is 0 Å². The minimum atomic E-state index is -0.930. The fourth-order valence-corrected chi connectivity index (χ4v) is 2.72. The Morgan fingerprint density at radius 2 is 1.89 bits per heavy atom. The number of carbonyl (C=O) groups is 1. The van der Waals surface area contributed by atoms with E-state index < -0.39 is 5.97 Å². The SMILES string of the molecule is O=C(O)c1cnccc1-c1ccc2c(c1)CCCC2. The van der Waals surface area contributed by atoms with Crippen LogP contribution in [0.3, 0.4) is 0 Å². The number of hydrogen-bond acceptors (Lipinski definition) is 2. The minimum absolute atomic E-state index is 0.262. The zero-order valence-electron chi connectivity index (χ0n) is 10.6. The third-order valence-corrected chi connectivity index (χ3v) is 3.71. The first kappa shape index (κ1) is 11.9. The van der Waals surface area contributed by atoms with E-state index in [9.17, 15) is 9.90 Å². The van der Waals surface area contributed by atoms with E-state index in [1.807, 2.05) is 6.07 Å².